The van der Waals surface area contributed by atoms with Crippen molar-refractivity contribution >= 4 is 16.7 Å². The summed E-state index contributed by atoms with van der Waals surface area (Å²) in [7, 11) is 0. The normalized spacial score (nSPS) is 10.6. The molecule has 0 aliphatic rings. The molecule has 0 bridgehead atoms. The molecule has 0 saturated heterocycles. The molecule has 0 spiro atoms. The summed E-state index contributed by atoms with van der Waals surface area (Å²) in [6.07, 6.45) is 0. The minimum Gasteiger partial charge on any atom is -0.348 e. The molecule has 0 aromatic heterocycles. The first kappa shape index (κ1) is 14.3. The first-order valence-electron chi connectivity index (χ1n) is 7.15. The van der Waals surface area contributed by atoms with Crippen molar-refractivity contribution in [2.24, 2.45) is 0 Å². The number of benzene rings is 3. The lowest BCUT2D eigenvalue weighted by atomic mass is 10.1. The van der Waals surface area contributed by atoms with E-state index in [1.165, 1.54) is 6.07 Å². The number of nitrogens with one attached hydrogen (secondary N) is 1. The largest absolute Gasteiger partial charge is 0.348 e. The van der Waals surface area contributed by atoms with Gasteiger partial charge in [-0.1, -0.05) is 42.5 Å². The van der Waals surface area contributed by atoms with E-state index in [0.29, 0.717) is 17.7 Å². The fourth-order valence-corrected chi connectivity index (χ4v) is 2.36. The number of hydrogen-bond acceptors (Lipinski definition) is 1. The molecular formula is C19H16FNO. The molecule has 1 N–H and O–H groups in total. The maximum atomic E-state index is 13.5. The van der Waals surface area contributed by atoms with E-state index in [2.05, 4.69) is 5.32 Å². The third kappa shape index (κ3) is 2.98. The average Bonchev–Trinajstić information content (AvgIpc) is 2.55. The molecule has 0 heterocycles. The number of carbonyl (C=O) groups is 1. The lowest BCUT2D eigenvalue weighted by Crippen LogP contribution is -2.22. The van der Waals surface area contributed by atoms with Gasteiger partial charge in [0.05, 0.1) is 0 Å². The maximum Gasteiger partial charge on any atom is 0.251 e. The highest BCUT2D eigenvalue weighted by Gasteiger charge is 2.07. The Morgan fingerprint density at radius 2 is 1.77 bits per heavy atom. The highest BCUT2D eigenvalue weighted by atomic mass is 19.1. The first-order valence-corrected chi connectivity index (χ1v) is 7.15. The zero-order chi connectivity index (χ0) is 15.5. The van der Waals surface area contributed by atoms with Crippen LogP contribution >= 0.6 is 0 Å². The number of hydrogen-bond donors (Lipinski definition) is 1. The lowest BCUT2D eigenvalue weighted by Gasteiger charge is -2.07. The van der Waals surface area contributed by atoms with Crippen molar-refractivity contribution in [1.82, 2.24) is 5.32 Å². The van der Waals surface area contributed by atoms with Gasteiger partial charge in [0.15, 0.2) is 0 Å². The van der Waals surface area contributed by atoms with E-state index in [1.807, 2.05) is 42.5 Å². The summed E-state index contributed by atoms with van der Waals surface area (Å²) in [4.78, 5) is 12.2. The standard InChI is InChI=1S/C19H16FNO/c1-13-6-7-14(10-18(13)20)12-21-19(22)17-9-8-15-4-2-3-5-16(15)11-17/h2-11H,12H2,1H3,(H,21,22). The fourth-order valence-electron chi connectivity index (χ4n) is 2.36. The van der Waals surface area contributed by atoms with Crippen LogP contribution < -0.4 is 5.32 Å². The van der Waals surface area contributed by atoms with Crippen LogP contribution in [0.4, 0.5) is 4.39 Å². The van der Waals surface area contributed by atoms with Crippen LogP contribution in [0.3, 0.4) is 0 Å². The molecule has 1 amide bonds. The maximum absolute atomic E-state index is 13.5. The van der Waals surface area contributed by atoms with Crippen LogP contribution in [0, 0.1) is 12.7 Å². The Morgan fingerprint density at radius 3 is 2.55 bits per heavy atom. The number of halogens is 1. The topological polar surface area (TPSA) is 29.1 Å². The minimum atomic E-state index is -0.252. The van der Waals surface area contributed by atoms with Crippen LogP contribution in [0.2, 0.25) is 0 Å². The fraction of sp³-hybridized carbons (Fsp3) is 0.105. The summed E-state index contributed by atoms with van der Waals surface area (Å²) in [6.45, 7) is 2.02. The van der Waals surface area contributed by atoms with Gasteiger partial charge >= 0.3 is 0 Å². The smallest absolute Gasteiger partial charge is 0.251 e. The Balaban J connectivity index is 1.74. The van der Waals surface area contributed by atoms with Gasteiger partial charge in [-0.25, -0.2) is 4.39 Å². The highest BCUT2D eigenvalue weighted by molar-refractivity contribution is 5.98. The predicted octanol–water partition coefficient (Wildman–Crippen LogP) is 4.22. The van der Waals surface area contributed by atoms with E-state index < -0.39 is 0 Å². The van der Waals surface area contributed by atoms with Crippen molar-refractivity contribution in [1.29, 1.82) is 0 Å². The first-order chi connectivity index (χ1) is 10.6. The summed E-state index contributed by atoms with van der Waals surface area (Å²) in [6, 6.07) is 18.5. The molecule has 0 aliphatic carbocycles. The molecule has 110 valence electrons. The number of carbonyl (C=O) groups excluding carboxylic acids is 1. The van der Waals surface area contributed by atoms with Gasteiger partial charge in [-0.15, -0.1) is 0 Å². The second kappa shape index (κ2) is 5.98. The van der Waals surface area contributed by atoms with E-state index in [1.54, 1.807) is 19.1 Å². The summed E-state index contributed by atoms with van der Waals surface area (Å²) >= 11 is 0. The molecule has 2 nitrogen and oxygen atoms in total. The second-order valence-corrected chi connectivity index (χ2v) is 5.33. The SMILES string of the molecule is Cc1ccc(CNC(=O)c2ccc3ccccc3c2)cc1F. The van der Waals surface area contributed by atoms with Crippen LogP contribution in [-0.2, 0) is 6.54 Å². The molecule has 3 aromatic carbocycles. The van der Waals surface area contributed by atoms with Crippen molar-refractivity contribution in [2.45, 2.75) is 13.5 Å². The lowest BCUT2D eigenvalue weighted by molar-refractivity contribution is 0.0951. The molecule has 0 unspecified atom stereocenters. The number of amides is 1. The van der Waals surface area contributed by atoms with E-state index in [-0.39, 0.29) is 11.7 Å². The summed E-state index contributed by atoms with van der Waals surface area (Å²) in [5, 5.41) is 4.94. The Bertz CT molecular complexity index is 842. The van der Waals surface area contributed by atoms with Crippen LogP contribution in [0.1, 0.15) is 21.5 Å². The monoisotopic (exact) mass is 293 g/mol. The highest BCUT2D eigenvalue weighted by Crippen LogP contribution is 2.16. The quantitative estimate of drug-likeness (QED) is 0.769. The van der Waals surface area contributed by atoms with E-state index in [9.17, 15) is 9.18 Å². The Morgan fingerprint density at radius 1 is 1.00 bits per heavy atom. The van der Waals surface area contributed by atoms with E-state index >= 15 is 0 Å². The zero-order valence-corrected chi connectivity index (χ0v) is 12.3. The summed E-state index contributed by atoms with van der Waals surface area (Å²) in [5.74, 6) is -0.413. The molecule has 0 atom stereocenters. The third-order valence-corrected chi connectivity index (χ3v) is 3.70. The van der Waals surface area contributed by atoms with Gasteiger partial charge in [-0.2, -0.15) is 0 Å². The number of fused-ring (bicyclic) bond motifs is 1. The molecular weight excluding hydrogens is 277 g/mol. The number of rotatable bonds is 3. The van der Waals surface area contributed by atoms with Gasteiger partial charge in [0.25, 0.3) is 5.91 Å². The molecule has 3 aromatic rings. The molecule has 0 radical (unpaired) electrons. The van der Waals surface area contributed by atoms with Gasteiger partial charge in [0, 0.05) is 12.1 Å². The summed E-state index contributed by atoms with van der Waals surface area (Å²) < 4.78 is 13.5. The van der Waals surface area contributed by atoms with Crippen LogP contribution in [0.25, 0.3) is 10.8 Å². The van der Waals surface area contributed by atoms with Gasteiger partial charge in [0.1, 0.15) is 5.82 Å². The van der Waals surface area contributed by atoms with Crippen molar-refractivity contribution in [3.05, 3.63) is 83.2 Å². The molecule has 22 heavy (non-hydrogen) atoms. The van der Waals surface area contributed by atoms with Crippen LogP contribution in [0.5, 0.6) is 0 Å². The van der Waals surface area contributed by atoms with Crippen molar-refractivity contribution < 1.29 is 9.18 Å². The van der Waals surface area contributed by atoms with Gasteiger partial charge in [0.2, 0.25) is 0 Å². The molecule has 0 fully saturated rings. The van der Waals surface area contributed by atoms with Gasteiger partial charge in [-0.05, 0) is 47.0 Å². The van der Waals surface area contributed by atoms with Crippen molar-refractivity contribution in [2.75, 3.05) is 0 Å². The van der Waals surface area contributed by atoms with Crippen molar-refractivity contribution in [3.8, 4) is 0 Å². The molecule has 3 heteroatoms. The Labute approximate surface area is 128 Å². The van der Waals surface area contributed by atoms with Crippen LogP contribution in [-0.4, -0.2) is 5.91 Å². The van der Waals surface area contributed by atoms with E-state index in [4.69, 9.17) is 0 Å². The average molecular weight is 293 g/mol. The molecule has 0 saturated carbocycles. The third-order valence-electron chi connectivity index (χ3n) is 3.70. The van der Waals surface area contributed by atoms with Gasteiger partial charge < -0.3 is 5.32 Å². The van der Waals surface area contributed by atoms with Gasteiger partial charge in [-0.3, -0.25) is 4.79 Å². The van der Waals surface area contributed by atoms with Crippen LogP contribution in [0.15, 0.2) is 60.7 Å². The Hall–Kier alpha value is -2.68. The predicted molar refractivity (Wildman–Crippen MR) is 86.3 cm³/mol. The molecule has 0 aliphatic heterocycles. The number of aryl methyl sites for hydroxylation is 1. The second-order valence-electron chi connectivity index (χ2n) is 5.33. The molecule has 3 rings (SSSR count). The summed E-state index contributed by atoms with van der Waals surface area (Å²) in [5.41, 5.74) is 1.95. The minimum absolute atomic E-state index is 0.160. The Kier molecular flexibility index (Phi) is 3.88. The zero-order valence-electron chi connectivity index (χ0n) is 12.3. The van der Waals surface area contributed by atoms with E-state index in [0.717, 1.165) is 16.3 Å². The van der Waals surface area contributed by atoms with Crippen molar-refractivity contribution in [3.63, 3.8) is 0 Å².